The van der Waals surface area contributed by atoms with E-state index in [1.54, 1.807) is 7.05 Å². The minimum Gasteiger partial charge on any atom is -0.388 e. The lowest BCUT2D eigenvalue weighted by Crippen LogP contribution is -2.26. The fourth-order valence-corrected chi connectivity index (χ4v) is 3.27. The zero-order chi connectivity index (χ0) is 14.9. The highest BCUT2D eigenvalue weighted by atomic mass is 32.2. The van der Waals surface area contributed by atoms with Crippen LogP contribution in [-0.4, -0.2) is 26.9 Å². The van der Waals surface area contributed by atoms with Crippen LogP contribution in [0.4, 0.5) is 11.4 Å². The molecule has 2 atom stereocenters. The van der Waals surface area contributed by atoms with Gasteiger partial charge in [-0.3, -0.25) is 10.1 Å². The molecule has 1 saturated carbocycles. The number of rotatable bonds is 6. The fraction of sp³-hybridized carbons (Fsp3) is 0.500. The lowest BCUT2D eigenvalue weighted by molar-refractivity contribution is -0.387. The summed E-state index contributed by atoms with van der Waals surface area (Å²) in [5, 5.41) is 13.8. The van der Waals surface area contributed by atoms with E-state index in [0.717, 1.165) is 6.42 Å². The molecule has 110 valence electrons. The second-order valence-electron chi connectivity index (χ2n) is 5.01. The Morgan fingerprint density at radius 2 is 2.10 bits per heavy atom. The van der Waals surface area contributed by atoms with Crippen molar-refractivity contribution in [3.63, 3.8) is 0 Å². The van der Waals surface area contributed by atoms with Crippen LogP contribution in [-0.2, 0) is 10.0 Å². The van der Waals surface area contributed by atoms with E-state index in [9.17, 15) is 18.5 Å². The molecule has 2 unspecified atom stereocenters. The lowest BCUT2D eigenvalue weighted by Gasteiger charge is -2.08. The molecule has 0 heterocycles. The molecule has 1 aromatic rings. The van der Waals surface area contributed by atoms with Crippen LogP contribution in [0.15, 0.2) is 23.1 Å². The maximum Gasteiger partial charge on any atom is 0.291 e. The van der Waals surface area contributed by atoms with Gasteiger partial charge in [0.25, 0.3) is 5.69 Å². The second kappa shape index (κ2) is 5.37. The first kappa shape index (κ1) is 14.7. The third-order valence-electron chi connectivity index (χ3n) is 3.55. The van der Waals surface area contributed by atoms with Crippen molar-refractivity contribution in [2.24, 2.45) is 11.8 Å². The van der Waals surface area contributed by atoms with Crippen molar-refractivity contribution < 1.29 is 13.3 Å². The van der Waals surface area contributed by atoms with E-state index in [1.165, 1.54) is 18.2 Å². The zero-order valence-corrected chi connectivity index (χ0v) is 12.1. The van der Waals surface area contributed by atoms with Crippen molar-refractivity contribution in [2.45, 2.75) is 18.2 Å². The summed E-state index contributed by atoms with van der Waals surface area (Å²) >= 11 is 0. The normalized spacial score (nSPS) is 21.5. The number of hydrogen-bond donors (Lipinski definition) is 2. The largest absolute Gasteiger partial charge is 0.388 e. The van der Waals surface area contributed by atoms with Crippen molar-refractivity contribution in [1.29, 1.82) is 0 Å². The number of sulfonamides is 1. The molecule has 2 rings (SSSR count). The van der Waals surface area contributed by atoms with Gasteiger partial charge in [0.2, 0.25) is 10.0 Å². The molecule has 0 spiro atoms. The Bertz CT molecular complexity index is 630. The molecule has 1 aliphatic rings. The van der Waals surface area contributed by atoms with Crippen molar-refractivity contribution in [3.05, 3.63) is 28.3 Å². The molecule has 0 bridgehead atoms. The summed E-state index contributed by atoms with van der Waals surface area (Å²) in [6.45, 7) is 2.37. The Balaban J connectivity index is 2.27. The van der Waals surface area contributed by atoms with Crippen LogP contribution < -0.4 is 10.0 Å². The minimum atomic E-state index is -3.86. The highest BCUT2D eigenvalue weighted by Crippen LogP contribution is 2.37. The Labute approximate surface area is 117 Å². The average molecular weight is 299 g/mol. The van der Waals surface area contributed by atoms with Gasteiger partial charge in [-0.2, -0.15) is 0 Å². The number of nitro benzene ring substituents is 1. The number of nitrogens with one attached hydrogen (secondary N) is 2. The number of hydrogen-bond acceptors (Lipinski definition) is 5. The highest BCUT2D eigenvalue weighted by molar-refractivity contribution is 7.89. The first-order chi connectivity index (χ1) is 9.35. The SMILES string of the molecule is CNc1ccc(S(=O)(=O)NCC2CC2C)c([N+](=O)[O-])c1. The molecule has 20 heavy (non-hydrogen) atoms. The smallest absolute Gasteiger partial charge is 0.291 e. The van der Waals surface area contributed by atoms with Gasteiger partial charge in [0, 0.05) is 25.3 Å². The van der Waals surface area contributed by atoms with Gasteiger partial charge in [-0.05, 0) is 30.4 Å². The predicted molar refractivity (Wildman–Crippen MR) is 75.1 cm³/mol. The molecule has 0 saturated heterocycles. The summed E-state index contributed by atoms with van der Waals surface area (Å²) in [7, 11) is -2.25. The molecule has 0 aromatic heterocycles. The first-order valence-electron chi connectivity index (χ1n) is 6.31. The molecule has 0 aliphatic heterocycles. The molecular weight excluding hydrogens is 282 g/mol. The van der Waals surface area contributed by atoms with Gasteiger partial charge in [-0.25, -0.2) is 13.1 Å². The molecule has 1 aliphatic carbocycles. The van der Waals surface area contributed by atoms with E-state index in [4.69, 9.17) is 0 Å². The average Bonchev–Trinajstić information content (AvgIpc) is 3.12. The standard InChI is InChI=1S/C12H17N3O4S/c1-8-5-9(8)7-14-20(18,19)12-4-3-10(13-2)6-11(12)15(16)17/h3-4,6,8-9,13-14H,5,7H2,1-2H3. The number of benzene rings is 1. The summed E-state index contributed by atoms with van der Waals surface area (Å²) < 4.78 is 26.8. The van der Waals surface area contributed by atoms with Crippen molar-refractivity contribution in [3.8, 4) is 0 Å². The summed E-state index contributed by atoms with van der Waals surface area (Å²) in [6, 6.07) is 3.97. The molecule has 8 heteroatoms. The number of nitrogens with zero attached hydrogens (tertiary/aromatic N) is 1. The third kappa shape index (κ3) is 3.07. The molecule has 1 aromatic carbocycles. The van der Waals surface area contributed by atoms with E-state index in [0.29, 0.717) is 24.1 Å². The maximum atomic E-state index is 12.2. The highest BCUT2D eigenvalue weighted by Gasteiger charge is 2.34. The molecule has 2 N–H and O–H groups in total. The quantitative estimate of drug-likeness (QED) is 0.613. The van der Waals surface area contributed by atoms with Gasteiger partial charge in [0.05, 0.1) is 4.92 Å². The zero-order valence-electron chi connectivity index (χ0n) is 11.3. The Morgan fingerprint density at radius 3 is 2.60 bits per heavy atom. The van der Waals surface area contributed by atoms with Crippen LogP contribution in [0.2, 0.25) is 0 Å². The Hall–Kier alpha value is -1.67. The summed E-state index contributed by atoms with van der Waals surface area (Å²) in [4.78, 5) is 10.0. The second-order valence-corrected chi connectivity index (χ2v) is 6.75. The Kier molecular flexibility index (Phi) is 3.96. The van der Waals surface area contributed by atoms with Crippen LogP contribution in [0.5, 0.6) is 0 Å². The fourth-order valence-electron chi connectivity index (χ4n) is 2.02. The van der Waals surface area contributed by atoms with Crippen LogP contribution >= 0.6 is 0 Å². The van der Waals surface area contributed by atoms with E-state index in [2.05, 4.69) is 10.0 Å². The van der Waals surface area contributed by atoms with Gasteiger partial charge < -0.3 is 5.32 Å². The van der Waals surface area contributed by atoms with E-state index in [1.807, 2.05) is 6.92 Å². The van der Waals surface area contributed by atoms with Crippen molar-refractivity contribution in [2.75, 3.05) is 18.9 Å². The van der Waals surface area contributed by atoms with Crippen LogP contribution in [0.3, 0.4) is 0 Å². The van der Waals surface area contributed by atoms with E-state index in [-0.39, 0.29) is 4.90 Å². The summed E-state index contributed by atoms with van der Waals surface area (Å²) in [5.41, 5.74) is 0.0691. The minimum absolute atomic E-state index is 0.296. The van der Waals surface area contributed by atoms with Gasteiger partial charge >= 0.3 is 0 Å². The van der Waals surface area contributed by atoms with E-state index >= 15 is 0 Å². The van der Waals surface area contributed by atoms with Gasteiger partial charge in [-0.1, -0.05) is 6.92 Å². The molecule has 1 fully saturated rings. The van der Waals surface area contributed by atoms with Crippen LogP contribution in [0.1, 0.15) is 13.3 Å². The number of anilines is 1. The monoisotopic (exact) mass is 299 g/mol. The van der Waals surface area contributed by atoms with Crippen LogP contribution in [0, 0.1) is 22.0 Å². The lowest BCUT2D eigenvalue weighted by atomic mass is 10.3. The number of nitro groups is 1. The maximum absolute atomic E-state index is 12.2. The van der Waals surface area contributed by atoms with Gasteiger partial charge in [0.1, 0.15) is 0 Å². The third-order valence-corrected chi connectivity index (χ3v) is 5.02. The molecule has 0 radical (unpaired) electrons. The topological polar surface area (TPSA) is 101 Å². The summed E-state index contributed by atoms with van der Waals surface area (Å²) in [6.07, 6.45) is 0.989. The summed E-state index contributed by atoms with van der Waals surface area (Å²) in [5.74, 6) is 0.847. The van der Waals surface area contributed by atoms with Crippen LogP contribution in [0.25, 0.3) is 0 Å². The molecular formula is C12H17N3O4S. The van der Waals surface area contributed by atoms with Crippen molar-refractivity contribution >= 4 is 21.4 Å². The Morgan fingerprint density at radius 1 is 1.45 bits per heavy atom. The molecule has 0 amide bonds. The van der Waals surface area contributed by atoms with Crippen molar-refractivity contribution in [1.82, 2.24) is 4.72 Å². The first-order valence-corrected chi connectivity index (χ1v) is 7.79. The van der Waals surface area contributed by atoms with E-state index < -0.39 is 20.6 Å². The van der Waals surface area contributed by atoms with Gasteiger partial charge in [0.15, 0.2) is 4.90 Å². The molecule has 7 nitrogen and oxygen atoms in total. The van der Waals surface area contributed by atoms with Gasteiger partial charge in [-0.15, -0.1) is 0 Å². The predicted octanol–water partition coefficient (Wildman–Crippen LogP) is 1.57.